The van der Waals surface area contributed by atoms with Gasteiger partial charge in [-0.3, -0.25) is 0 Å². The van der Waals surface area contributed by atoms with Gasteiger partial charge in [0.05, 0.1) is 0 Å². The van der Waals surface area contributed by atoms with Crippen molar-refractivity contribution in [3.8, 4) is 0 Å². The molecule has 0 aliphatic heterocycles. The summed E-state index contributed by atoms with van der Waals surface area (Å²) in [6.45, 7) is 0.654. The molecule has 0 aliphatic rings. The molecule has 66 valence electrons. The lowest BCUT2D eigenvalue weighted by Crippen LogP contribution is -2.08. The normalized spacial score (nSPS) is 12.9. The van der Waals surface area contributed by atoms with E-state index in [1.165, 1.54) is 5.56 Å². The van der Waals surface area contributed by atoms with Crippen molar-refractivity contribution in [1.82, 2.24) is 0 Å². The van der Waals surface area contributed by atoms with Gasteiger partial charge in [-0.1, -0.05) is 23.7 Å². The molecule has 1 nitrogen and oxygen atoms in total. The van der Waals surface area contributed by atoms with E-state index in [1.807, 2.05) is 18.2 Å². The van der Waals surface area contributed by atoms with Crippen LogP contribution >= 0.6 is 23.4 Å². The molecule has 3 heteroatoms. The molecular weight excluding hydrogens is 190 g/mol. The summed E-state index contributed by atoms with van der Waals surface area (Å²) in [5.41, 5.74) is 6.81. The molecular formula is C9H12ClNS. The predicted octanol–water partition coefficient (Wildman–Crippen LogP) is 2.70. The number of thioether (sulfide) groups is 1. The SMILES string of the molecule is CS[C@@H](CN)c1cccc(Cl)c1. The van der Waals surface area contributed by atoms with E-state index >= 15 is 0 Å². The molecule has 0 saturated carbocycles. The summed E-state index contributed by atoms with van der Waals surface area (Å²) in [4.78, 5) is 0. The molecule has 1 atom stereocenters. The van der Waals surface area contributed by atoms with Crippen molar-refractivity contribution in [1.29, 1.82) is 0 Å². The van der Waals surface area contributed by atoms with E-state index in [0.29, 0.717) is 11.8 Å². The van der Waals surface area contributed by atoms with Gasteiger partial charge in [0.25, 0.3) is 0 Å². The number of hydrogen-bond donors (Lipinski definition) is 1. The zero-order valence-corrected chi connectivity index (χ0v) is 8.53. The largest absolute Gasteiger partial charge is 0.329 e. The smallest absolute Gasteiger partial charge is 0.0417 e. The Balaban J connectivity index is 2.85. The van der Waals surface area contributed by atoms with Crippen LogP contribution in [0.1, 0.15) is 10.8 Å². The number of hydrogen-bond acceptors (Lipinski definition) is 2. The molecule has 0 amide bonds. The Kier molecular flexibility index (Phi) is 3.92. The van der Waals surface area contributed by atoms with Gasteiger partial charge in [-0.25, -0.2) is 0 Å². The number of halogens is 1. The highest BCUT2D eigenvalue weighted by Gasteiger charge is 2.06. The Morgan fingerprint density at radius 3 is 2.83 bits per heavy atom. The van der Waals surface area contributed by atoms with Gasteiger partial charge in [-0.2, -0.15) is 11.8 Å². The van der Waals surface area contributed by atoms with Crippen LogP contribution in [0.25, 0.3) is 0 Å². The highest BCUT2D eigenvalue weighted by molar-refractivity contribution is 7.98. The van der Waals surface area contributed by atoms with Crippen LogP contribution in [0, 0.1) is 0 Å². The van der Waals surface area contributed by atoms with Gasteiger partial charge in [0.2, 0.25) is 0 Å². The average Bonchev–Trinajstić information content (AvgIpc) is 2.07. The lowest BCUT2D eigenvalue weighted by Gasteiger charge is -2.11. The molecule has 12 heavy (non-hydrogen) atoms. The van der Waals surface area contributed by atoms with E-state index in [4.69, 9.17) is 17.3 Å². The van der Waals surface area contributed by atoms with Gasteiger partial charge in [-0.15, -0.1) is 0 Å². The van der Waals surface area contributed by atoms with Gasteiger partial charge in [0.1, 0.15) is 0 Å². The summed E-state index contributed by atoms with van der Waals surface area (Å²) in [6.07, 6.45) is 2.05. The molecule has 0 heterocycles. The fourth-order valence-corrected chi connectivity index (χ4v) is 1.89. The van der Waals surface area contributed by atoms with Crippen LogP contribution in [-0.2, 0) is 0 Å². The van der Waals surface area contributed by atoms with E-state index in [-0.39, 0.29) is 0 Å². The molecule has 0 radical (unpaired) electrons. The highest BCUT2D eigenvalue weighted by atomic mass is 35.5. The zero-order chi connectivity index (χ0) is 8.97. The highest BCUT2D eigenvalue weighted by Crippen LogP contribution is 2.26. The second kappa shape index (κ2) is 4.75. The topological polar surface area (TPSA) is 26.0 Å². The van der Waals surface area contributed by atoms with Crippen LogP contribution in [-0.4, -0.2) is 12.8 Å². The molecule has 1 aromatic carbocycles. The van der Waals surface area contributed by atoms with Crippen molar-refractivity contribution in [2.75, 3.05) is 12.8 Å². The molecule has 1 aromatic rings. The number of benzene rings is 1. The number of nitrogens with two attached hydrogens (primary N) is 1. The molecule has 0 aromatic heterocycles. The van der Waals surface area contributed by atoms with Gasteiger partial charge in [0.15, 0.2) is 0 Å². The van der Waals surface area contributed by atoms with Crippen LogP contribution in [0.5, 0.6) is 0 Å². The maximum atomic E-state index is 5.85. The first-order chi connectivity index (χ1) is 5.77. The Bertz CT molecular complexity index is 248. The van der Waals surface area contributed by atoms with Crippen molar-refractivity contribution in [2.45, 2.75) is 5.25 Å². The summed E-state index contributed by atoms with van der Waals surface area (Å²) in [6, 6.07) is 7.85. The Labute approximate surface area is 82.3 Å². The van der Waals surface area contributed by atoms with Crippen molar-refractivity contribution in [3.05, 3.63) is 34.9 Å². The zero-order valence-electron chi connectivity index (χ0n) is 6.96. The quantitative estimate of drug-likeness (QED) is 0.814. The third-order valence-corrected chi connectivity index (χ3v) is 2.99. The molecule has 0 bridgehead atoms. The van der Waals surface area contributed by atoms with E-state index in [1.54, 1.807) is 11.8 Å². The number of rotatable bonds is 3. The van der Waals surface area contributed by atoms with Crippen molar-refractivity contribution in [3.63, 3.8) is 0 Å². The molecule has 0 unspecified atom stereocenters. The molecule has 0 saturated heterocycles. The van der Waals surface area contributed by atoms with Gasteiger partial charge >= 0.3 is 0 Å². The molecule has 2 N–H and O–H groups in total. The van der Waals surface area contributed by atoms with Gasteiger partial charge in [-0.05, 0) is 24.0 Å². The lowest BCUT2D eigenvalue weighted by molar-refractivity contribution is 0.945. The predicted molar refractivity (Wildman–Crippen MR) is 56.8 cm³/mol. The maximum Gasteiger partial charge on any atom is 0.0417 e. The molecule has 0 aliphatic carbocycles. The molecule has 0 fully saturated rings. The van der Waals surface area contributed by atoms with E-state index in [0.717, 1.165) is 5.02 Å². The Morgan fingerprint density at radius 1 is 1.58 bits per heavy atom. The first-order valence-corrected chi connectivity index (χ1v) is 5.43. The van der Waals surface area contributed by atoms with Crippen molar-refractivity contribution >= 4 is 23.4 Å². The fourth-order valence-electron chi connectivity index (χ4n) is 1.08. The first-order valence-electron chi connectivity index (χ1n) is 3.76. The molecule has 1 rings (SSSR count). The summed E-state index contributed by atoms with van der Waals surface area (Å²) in [5, 5.41) is 1.14. The summed E-state index contributed by atoms with van der Waals surface area (Å²) in [7, 11) is 0. The minimum atomic E-state index is 0.365. The standard InChI is InChI=1S/C9H12ClNS/c1-12-9(6-11)7-3-2-4-8(10)5-7/h2-5,9H,6,11H2,1H3/t9-/m0/s1. The van der Waals surface area contributed by atoms with Crippen molar-refractivity contribution < 1.29 is 0 Å². The van der Waals surface area contributed by atoms with Gasteiger partial charge in [0, 0.05) is 16.8 Å². The second-order valence-electron chi connectivity index (χ2n) is 2.52. The maximum absolute atomic E-state index is 5.85. The average molecular weight is 202 g/mol. The van der Waals surface area contributed by atoms with E-state index in [2.05, 4.69) is 12.3 Å². The first kappa shape index (κ1) is 9.90. The van der Waals surface area contributed by atoms with E-state index in [9.17, 15) is 0 Å². The monoisotopic (exact) mass is 201 g/mol. The fraction of sp³-hybridized carbons (Fsp3) is 0.333. The summed E-state index contributed by atoms with van der Waals surface area (Å²) < 4.78 is 0. The third-order valence-electron chi connectivity index (χ3n) is 1.72. The lowest BCUT2D eigenvalue weighted by atomic mass is 10.1. The van der Waals surface area contributed by atoms with Crippen LogP contribution in [0.4, 0.5) is 0 Å². The summed E-state index contributed by atoms with van der Waals surface area (Å²) in [5.74, 6) is 0. The van der Waals surface area contributed by atoms with Crippen LogP contribution in [0.3, 0.4) is 0 Å². The van der Waals surface area contributed by atoms with Crippen LogP contribution < -0.4 is 5.73 Å². The Morgan fingerprint density at radius 2 is 2.33 bits per heavy atom. The third kappa shape index (κ3) is 2.41. The Hall–Kier alpha value is -0.180. The van der Waals surface area contributed by atoms with Crippen molar-refractivity contribution in [2.24, 2.45) is 5.73 Å². The van der Waals surface area contributed by atoms with Crippen LogP contribution in [0.15, 0.2) is 24.3 Å². The minimum Gasteiger partial charge on any atom is -0.329 e. The van der Waals surface area contributed by atoms with Gasteiger partial charge < -0.3 is 5.73 Å². The van der Waals surface area contributed by atoms with Crippen LogP contribution in [0.2, 0.25) is 5.02 Å². The molecule has 0 spiro atoms. The van der Waals surface area contributed by atoms with E-state index < -0.39 is 0 Å². The second-order valence-corrected chi connectivity index (χ2v) is 3.99. The minimum absolute atomic E-state index is 0.365. The summed E-state index contributed by atoms with van der Waals surface area (Å²) >= 11 is 7.60.